The summed E-state index contributed by atoms with van der Waals surface area (Å²) in [7, 11) is 2.33. The van der Waals surface area contributed by atoms with Gasteiger partial charge in [0.2, 0.25) is 0 Å². The molecule has 3 aliphatic rings. The molecule has 0 amide bonds. The SMILES string of the molecule is CC1CCN(C2CC3CCC(C2)N3C)C(CN)C1. The van der Waals surface area contributed by atoms with Gasteiger partial charge in [0.25, 0.3) is 0 Å². The first-order chi connectivity index (χ1) is 8.69. The molecule has 0 saturated carbocycles. The van der Waals surface area contributed by atoms with Crippen molar-refractivity contribution in [2.24, 2.45) is 11.7 Å². The van der Waals surface area contributed by atoms with Gasteiger partial charge in [0, 0.05) is 30.7 Å². The van der Waals surface area contributed by atoms with Gasteiger partial charge in [-0.2, -0.15) is 0 Å². The highest BCUT2D eigenvalue weighted by Crippen LogP contribution is 2.38. The van der Waals surface area contributed by atoms with Crippen molar-refractivity contribution in [1.82, 2.24) is 9.80 Å². The maximum absolute atomic E-state index is 6.02. The molecule has 2 bridgehead atoms. The maximum atomic E-state index is 6.02. The first-order valence-electron chi connectivity index (χ1n) is 7.86. The Morgan fingerprint density at radius 1 is 1.00 bits per heavy atom. The van der Waals surface area contributed by atoms with Crippen LogP contribution >= 0.6 is 0 Å². The Labute approximate surface area is 112 Å². The van der Waals surface area contributed by atoms with Crippen molar-refractivity contribution < 1.29 is 0 Å². The molecule has 104 valence electrons. The molecule has 0 aromatic rings. The Morgan fingerprint density at radius 3 is 2.28 bits per heavy atom. The number of nitrogens with zero attached hydrogens (tertiary/aromatic N) is 2. The third-order valence-electron chi connectivity index (χ3n) is 5.84. The van der Waals surface area contributed by atoms with Crippen LogP contribution in [0.2, 0.25) is 0 Å². The molecule has 4 unspecified atom stereocenters. The van der Waals surface area contributed by atoms with Gasteiger partial charge in [-0.15, -0.1) is 0 Å². The van der Waals surface area contributed by atoms with Crippen LogP contribution in [0.25, 0.3) is 0 Å². The smallest absolute Gasteiger partial charge is 0.0223 e. The molecule has 3 aliphatic heterocycles. The lowest BCUT2D eigenvalue weighted by atomic mass is 9.87. The van der Waals surface area contributed by atoms with E-state index in [9.17, 15) is 0 Å². The third kappa shape index (κ3) is 2.21. The van der Waals surface area contributed by atoms with Crippen molar-refractivity contribution in [3.8, 4) is 0 Å². The minimum Gasteiger partial charge on any atom is -0.329 e. The standard InChI is InChI=1S/C15H29N3/c1-11-5-6-18(15(7-11)10-16)14-8-12-3-4-13(9-14)17(12)2/h11-15H,3-10,16H2,1-2H3. The molecule has 3 rings (SSSR count). The number of hydrogen-bond acceptors (Lipinski definition) is 3. The fraction of sp³-hybridized carbons (Fsp3) is 1.00. The van der Waals surface area contributed by atoms with E-state index < -0.39 is 0 Å². The van der Waals surface area contributed by atoms with Crippen molar-refractivity contribution in [1.29, 1.82) is 0 Å². The van der Waals surface area contributed by atoms with Crippen LogP contribution in [0, 0.1) is 5.92 Å². The quantitative estimate of drug-likeness (QED) is 0.810. The van der Waals surface area contributed by atoms with E-state index >= 15 is 0 Å². The Morgan fingerprint density at radius 2 is 1.67 bits per heavy atom. The topological polar surface area (TPSA) is 32.5 Å². The van der Waals surface area contributed by atoms with E-state index in [4.69, 9.17) is 5.73 Å². The van der Waals surface area contributed by atoms with Crippen LogP contribution in [-0.4, -0.2) is 54.1 Å². The summed E-state index contributed by atoms with van der Waals surface area (Å²) >= 11 is 0. The summed E-state index contributed by atoms with van der Waals surface area (Å²) in [5, 5.41) is 0. The predicted octanol–water partition coefficient (Wildman–Crippen LogP) is 1.67. The Balaban J connectivity index is 1.67. The first-order valence-corrected chi connectivity index (χ1v) is 7.86. The minimum absolute atomic E-state index is 0.654. The monoisotopic (exact) mass is 251 g/mol. The zero-order chi connectivity index (χ0) is 12.7. The van der Waals surface area contributed by atoms with Crippen molar-refractivity contribution >= 4 is 0 Å². The van der Waals surface area contributed by atoms with E-state index in [1.165, 1.54) is 45.1 Å². The molecule has 0 spiro atoms. The number of hydrogen-bond donors (Lipinski definition) is 1. The lowest BCUT2D eigenvalue weighted by Crippen LogP contribution is -2.56. The average Bonchev–Trinajstić information content (AvgIpc) is 2.61. The van der Waals surface area contributed by atoms with Gasteiger partial charge in [-0.05, 0) is 58.0 Å². The summed E-state index contributed by atoms with van der Waals surface area (Å²) < 4.78 is 0. The molecule has 2 N–H and O–H groups in total. The van der Waals surface area contributed by atoms with Gasteiger partial charge in [-0.3, -0.25) is 4.90 Å². The van der Waals surface area contributed by atoms with E-state index in [0.29, 0.717) is 6.04 Å². The van der Waals surface area contributed by atoms with Crippen LogP contribution in [0.4, 0.5) is 0 Å². The fourth-order valence-corrected chi connectivity index (χ4v) is 4.64. The van der Waals surface area contributed by atoms with E-state index in [1.807, 2.05) is 0 Å². The lowest BCUT2D eigenvalue weighted by Gasteiger charge is -2.47. The predicted molar refractivity (Wildman–Crippen MR) is 75.5 cm³/mol. The second kappa shape index (κ2) is 5.10. The summed E-state index contributed by atoms with van der Waals surface area (Å²) in [6, 6.07) is 3.18. The third-order valence-corrected chi connectivity index (χ3v) is 5.84. The summed E-state index contributed by atoms with van der Waals surface area (Å²) in [5.74, 6) is 0.873. The summed E-state index contributed by atoms with van der Waals surface area (Å²) in [4.78, 5) is 5.42. The Hall–Kier alpha value is -0.120. The lowest BCUT2D eigenvalue weighted by molar-refractivity contribution is 0.0211. The zero-order valence-electron chi connectivity index (χ0n) is 12.0. The average molecular weight is 251 g/mol. The molecule has 0 aromatic heterocycles. The molecule has 3 nitrogen and oxygen atoms in total. The number of piperidine rings is 2. The van der Waals surface area contributed by atoms with E-state index in [0.717, 1.165) is 30.6 Å². The molecule has 0 aromatic carbocycles. The molecule has 3 saturated heterocycles. The van der Waals surface area contributed by atoms with Gasteiger partial charge in [0.15, 0.2) is 0 Å². The van der Waals surface area contributed by atoms with E-state index in [2.05, 4.69) is 23.8 Å². The summed E-state index contributed by atoms with van der Waals surface area (Å²) in [6.07, 6.45) is 8.32. The van der Waals surface area contributed by atoms with Crippen molar-refractivity contribution in [2.45, 2.75) is 69.6 Å². The zero-order valence-corrected chi connectivity index (χ0v) is 12.0. The normalized spacial score (nSPS) is 46.5. The fourth-order valence-electron chi connectivity index (χ4n) is 4.64. The molecule has 18 heavy (non-hydrogen) atoms. The molecular weight excluding hydrogens is 222 g/mol. The van der Waals surface area contributed by atoms with Gasteiger partial charge in [-0.1, -0.05) is 6.92 Å². The Kier molecular flexibility index (Phi) is 3.65. The Bertz CT molecular complexity index is 279. The van der Waals surface area contributed by atoms with Crippen molar-refractivity contribution in [3.05, 3.63) is 0 Å². The largest absolute Gasteiger partial charge is 0.329 e. The van der Waals surface area contributed by atoms with Crippen LogP contribution < -0.4 is 5.73 Å². The van der Waals surface area contributed by atoms with E-state index in [1.54, 1.807) is 0 Å². The van der Waals surface area contributed by atoms with Crippen LogP contribution in [0.15, 0.2) is 0 Å². The van der Waals surface area contributed by atoms with Gasteiger partial charge >= 0.3 is 0 Å². The molecule has 4 atom stereocenters. The van der Waals surface area contributed by atoms with Crippen molar-refractivity contribution in [2.75, 3.05) is 20.1 Å². The van der Waals surface area contributed by atoms with Gasteiger partial charge in [-0.25, -0.2) is 0 Å². The maximum Gasteiger partial charge on any atom is 0.0223 e. The van der Waals surface area contributed by atoms with Gasteiger partial charge in [0.1, 0.15) is 0 Å². The van der Waals surface area contributed by atoms with Crippen molar-refractivity contribution in [3.63, 3.8) is 0 Å². The molecule has 3 heteroatoms. The molecule has 3 heterocycles. The molecule has 0 radical (unpaired) electrons. The second-order valence-electron chi connectivity index (χ2n) is 6.93. The molecule has 3 fully saturated rings. The number of rotatable bonds is 2. The van der Waals surface area contributed by atoms with Crippen LogP contribution in [-0.2, 0) is 0 Å². The van der Waals surface area contributed by atoms with Crippen LogP contribution in [0.1, 0.15) is 45.4 Å². The minimum atomic E-state index is 0.654. The first kappa shape index (κ1) is 12.9. The highest BCUT2D eigenvalue weighted by Gasteiger charge is 2.42. The second-order valence-corrected chi connectivity index (χ2v) is 6.93. The number of likely N-dealkylation sites (tertiary alicyclic amines) is 1. The highest BCUT2D eigenvalue weighted by molar-refractivity contribution is 4.99. The summed E-state index contributed by atoms with van der Waals surface area (Å²) in [6.45, 7) is 4.53. The van der Waals surface area contributed by atoms with E-state index in [-0.39, 0.29) is 0 Å². The number of nitrogens with two attached hydrogens (primary N) is 1. The van der Waals surface area contributed by atoms with Crippen LogP contribution in [0.3, 0.4) is 0 Å². The summed E-state index contributed by atoms with van der Waals surface area (Å²) in [5.41, 5.74) is 6.02. The van der Waals surface area contributed by atoms with Gasteiger partial charge in [0.05, 0.1) is 0 Å². The molecular formula is C15H29N3. The molecule has 0 aliphatic carbocycles. The number of fused-ring (bicyclic) bond motifs is 2. The van der Waals surface area contributed by atoms with Crippen LogP contribution in [0.5, 0.6) is 0 Å². The van der Waals surface area contributed by atoms with Gasteiger partial charge < -0.3 is 10.6 Å². The highest BCUT2D eigenvalue weighted by atomic mass is 15.3.